The van der Waals surface area contributed by atoms with Crippen LogP contribution in [-0.2, 0) is 6.54 Å². The third-order valence-corrected chi connectivity index (χ3v) is 3.57. The van der Waals surface area contributed by atoms with Gasteiger partial charge in [0.15, 0.2) is 10.9 Å². The highest BCUT2D eigenvalue weighted by Crippen LogP contribution is 2.22. The summed E-state index contributed by atoms with van der Waals surface area (Å²) in [5, 5.41) is 3.10. The first-order chi connectivity index (χ1) is 11.3. The van der Waals surface area contributed by atoms with Gasteiger partial charge in [0.25, 0.3) is 5.91 Å². The molecule has 1 N–H and O–H groups in total. The number of hydrogen-bond acceptors (Lipinski definition) is 5. The van der Waals surface area contributed by atoms with Crippen LogP contribution < -0.4 is 10.1 Å². The molecule has 0 saturated heterocycles. The van der Waals surface area contributed by atoms with Gasteiger partial charge in [-0.1, -0.05) is 35.5 Å². The van der Waals surface area contributed by atoms with Gasteiger partial charge in [0, 0.05) is 6.54 Å². The van der Waals surface area contributed by atoms with Gasteiger partial charge in [-0.3, -0.25) is 4.79 Å². The smallest absolute Gasteiger partial charge is 0.406 e. The highest BCUT2D eigenvalue weighted by Gasteiger charge is 2.30. The number of ether oxygens (including phenoxy) is 1. The van der Waals surface area contributed by atoms with Gasteiger partial charge in [-0.2, -0.15) is 0 Å². The van der Waals surface area contributed by atoms with Crippen LogP contribution >= 0.6 is 23.4 Å². The average Bonchev–Trinajstić information content (AvgIpc) is 2.53. The summed E-state index contributed by atoms with van der Waals surface area (Å²) in [7, 11) is 0. The largest absolute Gasteiger partial charge is 0.573 e. The fourth-order valence-electron chi connectivity index (χ4n) is 1.68. The van der Waals surface area contributed by atoms with Gasteiger partial charge in [0.05, 0.1) is 11.2 Å². The molecule has 0 aliphatic heterocycles. The van der Waals surface area contributed by atoms with Gasteiger partial charge in [0.2, 0.25) is 0 Å². The predicted molar refractivity (Wildman–Crippen MR) is 83.1 cm³/mol. The summed E-state index contributed by atoms with van der Waals surface area (Å²) >= 11 is 7.16. The van der Waals surface area contributed by atoms with E-state index < -0.39 is 12.3 Å². The van der Waals surface area contributed by atoms with Crippen LogP contribution in [0.25, 0.3) is 0 Å². The number of carbonyl (C=O) groups is 1. The number of amides is 1. The summed E-state index contributed by atoms with van der Waals surface area (Å²) < 4.78 is 40.0. The maximum atomic E-state index is 12.1. The number of nitrogens with zero attached hydrogens (tertiary/aromatic N) is 2. The van der Waals surface area contributed by atoms with Crippen LogP contribution in [0, 0.1) is 0 Å². The fourth-order valence-corrected chi connectivity index (χ4v) is 2.20. The van der Waals surface area contributed by atoms with Crippen molar-refractivity contribution in [3.8, 4) is 5.75 Å². The maximum Gasteiger partial charge on any atom is 0.573 e. The molecular weight excluding hydrogens is 367 g/mol. The fraction of sp³-hybridized carbons (Fsp3) is 0.214. The highest BCUT2D eigenvalue weighted by molar-refractivity contribution is 7.98. The quantitative estimate of drug-likeness (QED) is 0.636. The van der Waals surface area contributed by atoms with E-state index in [2.05, 4.69) is 20.0 Å². The van der Waals surface area contributed by atoms with Crippen molar-refractivity contribution in [2.75, 3.05) is 6.26 Å². The molecule has 10 heteroatoms. The van der Waals surface area contributed by atoms with Gasteiger partial charge in [0.1, 0.15) is 5.75 Å². The monoisotopic (exact) mass is 377 g/mol. The summed E-state index contributed by atoms with van der Waals surface area (Å²) in [4.78, 5) is 20.0. The summed E-state index contributed by atoms with van der Waals surface area (Å²) in [5.41, 5.74) is 0.626. The first kappa shape index (κ1) is 18.3. The lowest BCUT2D eigenvalue weighted by Crippen LogP contribution is -2.24. The highest BCUT2D eigenvalue weighted by atomic mass is 35.5. The van der Waals surface area contributed by atoms with Crippen LogP contribution in [0.1, 0.15) is 16.1 Å². The van der Waals surface area contributed by atoms with E-state index in [1.165, 1.54) is 42.2 Å². The molecule has 1 aromatic heterocycles. The third kappa shape index (κ3) is 5.27. The van der Waals surface area contributed by atoms with Crippen LogP contribution in [0.5, 0.6) is 5.75 Å². The second-order valence-electron chi connectivity index (χ2n) is 4.43. The molecule has 24 heavy (non-hydrogen) atoms. The van der Waals surface area contributed by atoms with Crippen molar-refractivity contribution in [3.63, 3.8) is 0 Å². The Morgan fingerprint density at radius 1 is 1.33 bits per heavy atom. The lowest BCUT2D eigenvalue weighted by molar-refractivity contribution is -0.274. The molecule has 0 unspecified atom stereocenters. The van der Waals surface area contributed by atoms with Crippen molar-refractivity contribution in [1.82, 2.24) is 15.3 Å². The number of halogens is 4. The molecule has 2 rings (SSSR count). The molecule has 0 aliphatic carbocycles. The van der Waals surface area contributed by atoms with Crippen molar-refractivity contribution >= 4 is 29.3 Å². The lowest BCUT2D eigenvalue weighted by Gasteiger charge is -2.10. The molecule has 0 bridgehead atoms. The van der Waals surface area contributed by atoms with Gasteiger partial charge in [-0.25, -0.2) is 9.97 Å². The molecule has 0 fully saturated rings. The van der Waals surface area contributed by atoms with E-state index in [1.54, 1.807) is 6.26 Å². The van der Waals surface area contributed by atoms with E-state index in [0.29, 0.717) is 10.7 Å². The number of hydrogen-bond donors (Lipinski definition) is 1. The first-order valence-corrected chi connectivity index (χ1v) is 8.08. The Balaban J connectivity index is 1.99. The van der Waals surface area contributed by atoms with Crippen LogP contribution in [0.2, 0.25) is 5.02 Å². The molecule has 0 spiro atoms. The number of thioether (sulfide) groups is 1. The molecule has 0 aliphatic rings. The Kier molecular flexibility index (Phi) is 5.89. The first-order valence-electron chi connectivity index (χ1n) is 6.48. The predicted octanol–water partition coefficient (Wildman–Crippen LogP) is 3.68. The number of alkyl halides is 3. The Hall–Kier alpha value is -2.00. The van der Waals surface area contributed by atoms with Crippen LogP contribution in [0.15, 0.2) is 35.6 Å². The number of nitrogens with one attached hydrogen (secondary N) is 1. The summed E-state index contributed by atoms with van der Waals surface area (Å²) in [6.45, 7) is 0.0973. The van der Waals surface area contributed by atoms with E-state index >= 15 is 0 Å². The number of carbonyl (C=O) groups excluding carboxylic acids is 1. The molecule has 2 aromatic rings. The normalized spacial score (nSPS) is 11.2. The number of benzene rings is 1. The van der Waals surface area contributed by atoms with Gasteiger partial charge < -0.3 is 10.1 Å². The van der Waals surface area contributed by atoms with E-state index in [4.69, 9.17) is 11.6 Å². The molecule has 0 radical (unpaired) electrons. The van der Waals surface area contributed by atoms with Crippen molar-refractivity contribution < 1.29 is 22.7 Å². The van der Waals surface area contributed by atoms with Crippen LogP contribution in [-0.4, -0.2) is 28.5 Å². The average molecular weight is 378 g/mol. The minimum absolute atomic E-state index is 0.0352. The standard InChI is InChI=1S/C14H11ClF3N3O2S/c1-24-13-20-7-10(15)11(21-13)12(22)19-6-8-2-4-9(5-3-8)23-14(16,17)18/h2-5,7H,6H2,1H3,(H,19,22). The van der Waals surface area contributed by atoms with Gasteiger partial charge in [-0.15, -0.1) is 13.2 Å². The molecule has 1 aromatic carbocycles. The zero-order chi connectivity index (χ0) is 17.7. The maximum absolute atomic E-state index is 12.1. The minimum atomic E-state index is -4.74. The zero-order valence-electron chi connectivity index (χ0n) is 12.2. The number of aromatic nitrogens is 2. The molecule has 128 valence electrons. The number of rotatable bonds is 5. The summed E-state index contributed by atoms with van der Waals surface area (Å²) in [6.07, 6.45) is -1.65. The van der Waals surface area contributed by atoms with Crippen molar-refractivity contribution in [2.24, 2.45) is 0 Å². The van der Waals surface area contributed by atoms with Gasteiger partial charge in [-0.05, 0) is 24.0 Å². The Morgan fingerprint density at radius 3 is 2.58 bits per heavy atom. The Morgan fingerprint density at radius 2 is 2.00 bits per heavy atom. The van der Waals surface area contributed by atoms with E-state index in [9.17, 15) is 18.0 Å². The molecule has 0 saturated carbocycles. The lowest BCUT2D eigenvalue weighted by atomic mass is 10.2. The van der Waals surface area contributed by atoms with E-state index in [-0.39, 0.29) is 23.0 Å². The van der Waals surface area contributed by atoms with Crippen molar-refractivity contribution in [1.29, 1.82) is 0 Å². The zero-order valence-corrected chi connectivity index (χ0v) is 13.8. The summed E-state index contributed by atoms with van der Waals surface area (Å²) in [5.74, 6) is -0.839. The van der Waals surface area contributed by atoms with E-state index in [1.807, 2.05) is 0 Å². The Labute approximate surface area is 144 Å². The van der Waals surface area contributed by atoms with Crippen LogP contribution in [0.4, 0.5) is 13.2 Å². The van der Waals surface area contributed by atoms with E-state index in [0.717, 1.165) is 0 Å². The second kappa shape index (κ2) is 7.71. The van der Waals surface area contributed by atoms with Crippen molar-refractivity contribution in [2.45, 2.75) is 18.1 Å². The molecular formula is C14H11ClF3N3O2S. The molecule has 1 amide bonds. The molecule has 1 heterocycles. The Bertz CT molecular complexity index is 726. The second-order valence-corrected chi connectivity index (χ2v) is 5.61. The molecule has 0 atom stereocenters. The summed E-state index contributed by atoms with van der Waals surface area (Å²) in [6, 6.07) is 5.16. The van der Waals surface area contributed by atoms with Gasteiger partial charge >= 0.3 is 6.36 Å². The topological polar surface area (TPSA) is 64.1 Å². The SMILES string of the molecule is CSc1ncc(Cl)c(C(=O)NCc2ccc(OC(F)(F)F)cc2)n1. The van der Waals surface area contributed by atoms with Crippen LogP contribution in [0.3, 0.4) is 0 Å². The minimum Gasteiger partial charge on any atom is -0.406 e. The third-order valence-electron chi connectivity index (χ3n) is 2.73. The van der Waals surface area contributed by atoms with Crippen molar-refractivity contribution in [3.05, 3.63) is 46.7 Å². The molecule has 5 nitrogen and oxygen atoms in total.